The minimum Gasteiger partial charge on any atom is -0.396 e. The van der Waals surface area contributed by atoms with Gasteiger partial charge in [0, 0.05) is 31.0 Å². The summed E-state index contributed by atoms with van der Waals surface area (Å²) >= 11 is 7.49. The number of rotatable bonds is 8. The molecule has 0 bridgehead atoms. The zero-order chi connectivity index (χ0) is 15.7. The Hall–Kier alpha value is -1.51. The lowest BCUT2D eigenvalue weighted by Gasteiger charge is -2.08. The van der Waals surface area contributed by atoms with E-state index in [0.717, 1.165) is 17.9 Å². The van der Waals surface area contributed by atoms with Crippen molar-refractivity contribution in [1.82, 2.24) is 5.32 Å². The number of anilines is 1. The number of nitrogens with one attached hydrogen (secondary N) is 2. The SMILES string of the molecule is O=C(NCCSCCCO)Nc1ccc([N+](=O)[O-])cc1Cl. The molecule has 0 heterocycles. The van der Waals surface area contributed by atoms with Crippen LogP contribution in [0.5, 0.6) is 0 Å². The van der Waals surface area contributed by atoms with Gasteiger partial charge in [-0.3, -0.25) is 10.1 Å². The Morgan fingerprint density at radius 1 is 1.43 bits per heavy atom. The normalized spacial score (nSPS) is 10.2. The molecule has 0 spiro atoms. The molecule has 1 aromatic rings. The first-order valence-corrected chi connectivity index (χ1v) is 7.75. The van der Waals surface area contributed by atoms with E-state index in [1.54, 1.807) is 11.8 Å². The third-order valence-electron chi connectivity index (χ3n) is 2.39. The van der Waals surface area contributed by atoms with Crippen LogP contribution in [0.4, 0.5) is 16.2 Å². The number of hydrogen-bond acceptors (Lipinski definition) is 5. The number of carbonyl (C=O) groups is 1. The van der Waals surface area contributed by atoms with Crippen molar-refractivity contribution in [3.63, 3.8) is 0 Å². The molecule has 0 saturated heterocycles. The number of aliphatic hydroxyl groups excluding tert-OH is 1. The average Bonchev–Trinajstić information content (AvgIpc) is 2.44. The Kier molecular flexibility index (Phi) is 7.88. The van der Waals surface area contributed by atoms with Crippen molar-refractivity contribution < 1.29 is 14.8 Å². The van der Waals surface area contributed by atoms with Crippen molar-refractivity contribution >= 4 is 40.8 Å². The van der Waals surface area contributed by atoms with Gasteiger partial charge >= 0.3 is 6.03 Å². The number of nitro groups is 1. The van der Waals surface area contributed by atoms with Gasteiger partial charge in [-0.25, -0.2) is 4.79 Å². The van der Waals surface area contributed by atoms with E-state index < -0.39 is 11.0 Å². The maximum absolute atomic E-state index is 11.6. The number of non-ortho nitro benzene ring substituents is 1. The van der Waals surface area contributed by atoms with Gasteiger partial charge in [0.2, 0.25) is 0 Å². The Labute approximate surface area is 131 Å². The maximum atomic E-state index is 11.6. The van der Waals surface area contributed by atoms with Crippen LogP contribution in [0.15, 0.2) is 18.2 Å². The molecule has 0 aromatic heterocycles. The van der Waals surface area contributed by atoms with Crippen molar-refractivity contribution in [3.05, 3.63) is 33.3 Å². The molecule has 3 N–H and O–H groups in total. The summed E-state index contributed by atoms with van der Waals surface area (Å²) < 4.78 is 0. The van der Waals surface area contributed by atoms with Crippen molar-refractivity contribution in [2.24, 2.45) is 0 Å². The molecule has 0 fully saturated rings. The Bertz CT molecular complexity index is 501. The third kappa shape index (κ3) is 6.65. The van der Waals surface area contributed by atoms with Crippen LogP contribution >= 0.6 is 23.4 Å². The molecule has 1 rings (SSSR count). The minimum absolute atomic E-state index is 0.108. The number of amides is 2. The van der Waals surface area contributed by atoms with Gasteiger partial charge in [-0.05, 0) is 18.2 Å². The van der Waals surface area contributed by atoms with E-state index in [0.29, 0.717) is 12.2 Å². The Morgan fingerprint density at radius 3 is 2.81 bits per heavy atom. The largest absolute Gasteiger partial charge is 0.396 e. The van der Waals surface area contributed by atoms with E-state index in [4.69, 9.17) is 16.7 Å². The molecule has 9 heteroatoms. The second-order valence-electron chi connectivity index (χ2n) is 3.99. The summed E-state index contributed by atoms with van der Waals surface area (Å²) in [7, 11) is 0. The lowest BCUT2D eigenvalue weighted by molar-refractivity contribution is -0.384. The van der Waals surface area contributed by atoms with E-state index >= 15 is 0 Å². The fraction of sp³-hybridized carbons (Fsp3) is 0.417. The fourth-order valence-corrected chi connectivity index (χ4v) is 2.40. The second kappa shape index (κ2) is 9.43. The molecule has 0 unspecified atom stereocenters. The van der Waals surface area contributed by atoms with E-state index in [1.807, 2.05) is 0 Å². The van der Waals surface area contributed by atoms with Gasteiger partial charge in [-0.15, -0.1) is 0 Å². The van der Waals surface area contributed by atoms with Gasteiger partial charge in [0.25, 0.3) is 5.69 Å². The highest BCUT2D eigenvalue weighted by Crippen LogP contribution is 2.26. The average molecular weight is 334 g/mol. The first-order valence-electron chi connectivity index (χ1n) is 6.22. The number of carbonyl (C=O) groups excluding carboxylic acids is 1. The molecule has 0 radical (unpaired) electrons. The number of urea groups is 1. The predicted molar refractivity (Wildman–Crippen MR) is 84.2 cm³/mol. The standard InChI is InChI=1S/C12H16ClN3O4S/c13-10-8-9(16(19)20)2-3-11(10)15-12(18)14-4-7-21-6-1-5-17/h2-3,8,17H,1,4-7H2,(H2,14,15,18). The van der Waals surface area contributed by atoms with E-state index in [1.165, 1.54) is 18.2 Å². The van der Waals surface area contributed by atoms with Crippen LogP contribution in [0.3, 0.4) is 0 Å². The first kappa shape index (κ1) is 17.5. The quantitative estimate of drug-likeness (QED) is 0.385. The van der Waals surface area contributed by atoms with Crippen molar-refractivity contribution in [3.8, 4) is 0 Å². The zero-order valence-electron chi connectivity index (χ0n) is 11.2. The summed E-state index contributed by atoms with van der Waals surface area (Å²) in [6.45, 7) is 0.645. The van der Waals surface area contributed by atoms with Crippen LogP contribution in [0.2, 0.25) is 5.02 Å². The van der Waals surface area contributed by atoms with Crippen LogP contribution in [-0.4, -0.2) is 40.7 Å². The van der Waals surface area contributed by atoms with Crippen LogP contribution in [0.1, 0.15) is 6.42 Å². The minimum atomic E-state index is -0.556. The Morgan fingerprint density at radius 2 is 2.19 bits per heavy atom. The lowest BCUT2D eigenvalue weighted by Crippen LogP contribution is -2.30. The Balaban J connectivity index is 2.36. The molecule has 21 heavy (non-hydrogen) atoms. The number of halogens is 1. The van der Waals surface area contributed by atoms with Gasteiger partial charge in [-0.2, -0.15) is 11.8 Å². The number of nitro benzene ring substituents is 1. The molecule has 1 aromatic carbocycles. The second-order valence-corrected chi connectivity index (χ2v) is 5.62. The van der Waals surface area contributed by atoms with Gasteiger partial charge in [0.1, 0.15) is 0 Å². The molecule has 0 saturated carbocycles. The number of benzene rings is 1. The molecular formula is C12H16ClN3O4S. The highest BCUT2D eigenvalue weighted by molar-refractivity contribution is 7.99. The van der Waals surface area contributed by atoms with Crippen LogP contribution in [0.25, 0.3) is 0 Å². The van der Waals surface area contributed by atoms with Crippen LogP contribution < -0.4 is 10.6 Å². The van der Waals surface area contributed by atoms with E-state index in [9.17, 15) is 14.9 Å². The van der Waals surface area contributed by atoms with E-state index in [-0.39, 0.29) is 17.3 Å². The summed E-state index contributed by atoms with van der Waals surface area (Å²) in [5, 5.41) is 24.5. The number of thioether (sulfide) groups is 1. The van der Waals surface area contributed by atoms with Crippen LogP contribution in [0, 0.1) is 10.1 Å². The van der Waals surface area contributed by atoms with Gasteiger partial charge < -0.3 is 15.7 Å². The molecule has 0 aliphatic carbocycles. The maximum Gasteiger partial charge on any atom is 0.319 e. The summed E-state index contributed by atoms with van der Waals surface area (Å²) in [6, 6.07) is 3.41. The van der Waals surface area contributed by atoms with E-state index in [2.05, 4.69) is 10.6 Å². The van der Waals surface area contributed by atoms with Crippen molar-refractivity contribution in [2.75, 3.05) is 30.0 Å². The van der Waals surface area contributed by atoms with Gasteiger partial charge in [0.15, 0.2) is 0 Å². The number of hydrogen-bond donors (Lipinski definition) is 3. The molecular weight excluding hydrogens is 318 g/mol. The monoisotopic (exact) mass is 333 g/mol. The van der Waals surface area contributed by atoms with Crippen molar-refractivity contribution in [2.45, 2.75) is 6.42 Å². The molecule has 7 nitrogen and oxygen atoms in total. The summed E-state index contributed by atoms with van der Waals surface area (Å²) in [5.74, 6) is 1.58. The highest BCUT2D eigenvalue weighted by atomic mass is 35.5. The lowest BCUT2D eigenvalue weighted by atomic mass is 10.3. The summed E-state index contributed by atoms with van der Waals surface area (Å²) in [6.07, 6.45) is 0.731. The third-order valence-corrected chi connectivity index (χ3v) is 3.77. The molecule has 2 amide bonds. The van der Waals surface area contributed by atoms with Crippen molar-refractivity contribution in [1.29, 1.82) is 0 Å². The topological polar surface area (TPSA) is 104 Å². The van der Waals surface area contributed by atoms with Gasteiger partial charge in [-0.1, -0.05) is 11.6 Å². The summed E-state index contributed by atoms with van der Waals surface area (Å²) in [4.78, 5) is 21.6. The zero-order valence-corrected chi connectivity index (χ0v) is 12.7. The number of nitrogens with zero attached hydrogens (tertiary/aromatic N) is 1. The summed E-state index contributed by atoms with van der Waals surface area (Å²) in [5.41, 5.74) is 0.180. The first-order chi connectivity index (χ1) is 10.0. The molecule has 0 aliphatic rings. The van der Waals surface area contributed by atoms with Crippen LogP contribution in [-0.2, 0) is 0 Å². The predicted octanol–water partition coefficient (Wildman–Crippen LogP) is 2.49. The molecule has 0 aliphatic heterocycles. The highest BCUT2D eigenvalue weighted by Gasteiger charge is 2.11. The molecule has 0 atom stereocenters. The molecule has 116 valence electrons. The smallest absolute Gasteiger partial charge is 0.319 e. The fourth-order valence-electron chi connectivity index (χ4n) is 1.39. The number of aliphatic hydroxyl groups is 1. The van der Waals surface area contributed by atoms with Gasteiger partial charge in [0.05, 0.1) is 15.6 Å².